The predicted molar refractivity (Wildman–Crippen MR) is 64.2 cm³/mol. The average Bonchev–Trinajstić information content (AvgIpc) is 2.57. The molecule has 1 aromatic heterocycles. The van der Waals surface area contributed by atoms with Gasteiger partial charge in [0.25, 0.3) is 0 Å². The van der Waals surface area contributed by atoms with Gasteiger partial charge in [-0.15, -0.1) is 10.2 Å². The molecule has 0 saturated carbocycles. The molecule has 1 N–H and O–H groups in total. The number of carboxylic acids is 1. The monoisotopic (exact) mass is 259 g/mol. The highest BCUT2D eigenvalue weighted by Crippen LogP contribution is 2.20. The molecule has 17 heavy (non-hydrogen) atoms. The summed E-state index contributed by atoms with van der Waals surface area (Å²) in [6.45, 7) is 6.34. The lowest BCUT2D eigenvalue weighted by molar-refractivity contribution is -0.133. The molecule has 1 heterocycles. The van der Waals surface area contributed by atoms with Crippen LogP contribution in [0.2, 0.25) is 0 Å². The molecule has 0 aliphatic carbocycles. The average molecular weight is 259 g/mol. The van der Waals surface area contributed by atoms with Gasteiger partial charge in [0.15, 0.2) is 5.16 Å². The molecule has 0 spiro atoms. The van der Waals surface area contributed by atoms with Gasteiger partial charge in [0.05, 0.1) is 17.9 Å². The molecule has 0 atom stereocenters. The molecular weight excluding hydrogens is 242 g/mol. The number of nitrogens with zero attached hydrogens (tertiary/aromatic N) is 3. The molecule has 96 valence electrons. The molecule has 0 aliphatic rings. The van der Waals surface area contributed by atoms with Crippen LogP contribution in [0.1, 0.15) is 19.7 Å². The minimum Gasteiger partial charge on any atom is -0.481 e. The van der Waals surface area contributed by atoms with Crippen molar-refractivity contribution in [1.29, 1.82) is 0 Å². The Labute approximate surface area is 104 Å². The normalized spacial score (nSPS) is 11.8. The number of hydrogen-bond donors (Lipinski definition) is 1. The van der Waals surface area contributed by atoms with Crippen LogP contribution < -0.4 is 0 Å². The predicted octanol–water partition coefficient (Wildman–Crippen LogP) is 1.19. The fourth-order valence-corrected chi connectivity index (χ4v) is 1.93. The first-order valence-corrected chi connectivity index (χ1v) is 6.14. The molecule has 0 saturated heterocycles. The Balaban J connectivity index is 2.83. The van der Waals surface area contributed by atoms with Crippen molar-refractivity contribution in [2.75, 3.05) is 12.9 Å². The van der Waals surface area contributed by atoms with Crippen LogP contribution in [0.4, 0.5) is 0 Å². The summed E-state index contributed by atoms with van der Waals surface area (Å²) in [5.41, 5.74) is -0.342. The van der Waals surface area contributed by atoms with Crippen LogP contribution in [0.3, 0.4) is 0 Å². The zero-order valence-corrected chi connectivity index (χ0v) is 11.2. The van der Waals surface area contributed by atoms with Gasteiger partial charge in [0, 0.05) is 7.11 Å². The lowest BCUT2D eigenvalue weighted by atomic mass is 10.1. The maximum absolute atomic E-state index is 10.5. The summed E-state index contributed by atoms with van der Waals surface area (Å²) in [5, 5.41) is 17.2. The summed E-state index contributed by atoms with van der Waals surface area (Å²) in [6.07, 6.45) is 0. The van der Waals surface area contributed by atoms with Gasteiger partial charge < -0.3 is 14.4 Å². The number of aromatic nitrogens is 3. The first-order chi connectivity index (χ1) is 7.85. The van der Waals surface area contributed by atoms with Crippen molar-refractivity contribution in [3.63, 3.8) is 0 Å². The molecule has 0 fully saturated rings. The van der Waals surface area contributed by atoms with Crippen molar-refractivity contribution in [1.82, 2.24) is 14.8 Å². The van der Waals surface area contributed by atoms with E-state index in [-0.39, 0.29) is 11.4 Å². The fraction of sp³-hybridized carbons (Fsp3) is 0.700. The van der Waals surface area contributed by atoms with Crippen LogP contribution in [0.15, 0.2) is 5.16 Å². The quantitative estimate of drug-likeness (QED) is 0.773. The Morgan fingerprint density at radius 1 is 1.53 bits per heavy atom. The van der Waals surface area contributed by atoms with Crippen LogP contribution in [0.25, 0.3) is 0 Å². The van der Waals surface area contributed by atoms with Crippen LogP contribution in [0, 0.1) is 6.92 Å². The van der Waals surface area contributed by atoms with Crippen molar-refractivity contribution >= 4 is 17.7 Å². The maximum atomic E-state index is 10.5. The van der Waals surface area contributed by atoms with Crippen LogP contribution in [-0.4, -0.2) is 44.3 Å². The van der Waals surface area contributed by atoms with Crippen molar-refractivity contribution in [2.24, 2.45) is 0 Å². The largest absolute Gasteiger partial charge is 0.481 e. The third kappa shape index (κ3) is 4.01. The Morgan fingerprint density at radius 3 is 2.71 bits per heavy atom. The summed E-state index contributed by atoms with van der Waals surface area (Å²) >= 11 is 1.16. The number of ether oxygens (including phenoxy) is 1. The van der Waals surface area contributed by atoms with E-state index in [0.29, 0.717) is 11.7 Å². The highest BCUT2D eigenvalue weighted by atomic mass is 32.2. The Morgan fingerprint density at radius 2 is 2.18 bits per heavy atom. The van der Waals surface area contributed by atoms with Crippen molar-refractivity contribution in [2.45, 2.75) is 38.1 Å². The summed E-state index contributed by atoms with van der Waals surface area (Å²) in [7, 11) is 1.64. The number of aryl methyl sites for hydroxylation is 1. The zero-order chi connectivity index (χ0) is 13.1. The van der Waals surface area contributed by atoms with Gasteiger partial charge in [0.2, 0.25) is 0 Å². The topological polar surface area (TPSA) is 77.2 Å². The Bertz CT molecular complexity index is 404. The van der Waals surface area contributed by atoms with E-state index < -0.39 is 5.97 Å². The van der Waals surface area contributed by atoms with Gasteiger partial charge in [-0.2, -0.15) is 0 Å². The van der Waals surface area contributed by atoms with E-state index in [4.69, 9.17) is 9.84 Å². The second kappa shape index (κ2) is 5.50. The Kier molecular flexibility index (Phi) is 4.53. The molecule has 0 aromatic carbocycles. The van der Waals surface area contributed by atoms with Gasteiger partial charge in [-0.1, -0.05) is 11.8 Å². The summed E-state index contributed by atoms with van der Waals surface area (Å²) < 4.78 is 7.22. The molecule has 6 nitrogen and oxygen atoms in total. The number of methoxy groups -OCH3 is 1. The third-order valence-corrected chi connectivity index (χ3v) is 3.27. The van der Waals surface area contributed by atoms with Crippen LogP contribution in [0.5, 0.6) is 0 Å². The number of carboxylic acid groups (broad SMARTS) is 1. The molecule has 1 aromatic rings. The van der Waals surface area contributed by atoms with Crippen LogP contribution in [-0.2, 0) is 16.1 Å². The smallest absolute Gasteiger partial charge is 0.313 e. The number of thioether (sulfide) groups is 1. The highest BCUT2D eigenvalue weighted by Gasteiger charge is 2.21. The summed E-state index contributed by atoms with van der Waals surface area (Å²) in [4.78, 5) is 10.5. The second-order valence-corrected chi connectivity index (χ2v) is 5.20. The third-order valence-electron chi connectivity index (χ3n) is 2.32. The van der Waals surface area contributed by atoms with Gasteiger partial charge in [-0.3, -0.25) is 4.79 Å². The van der Waals surface area contributed by atoms with Gasteiger partial charge >= 0.3 is 5.97 Å². The van der Waals surface area contributed by atoms with Crippen LogP contribution >= 0.6 is 11.8 Å². The molecule has 0 aliphatic heterocycles. The van der Waals surface area contributed by atoms with E-state index in [1.165, 1.54) is 0 Å². The van der Waals surface area contributed by atoms with Gasteiger partial charge in [0.1, 0.15) is 5.82 Å². The first kappa shape index (κ1) is 14.0. The van der Waals surface area contributed by atoms with E-state index in [2.05, 4.69) is 10.2 Å². The lowest BCUT2D eigenvalue weighted by Gasteiger charge is -2.24. The standard InChI is InChI=1S/C10H17N3O3S/c1-7-11-12-9(17-5-8(14)15)13(7)6-10(2,3)16-4/h5-6H2,1-4H3,(H,14,15). The van der Waals surface area contributed by atoms with E-state index >= 15 is 0 Å². The van der Waals surface area contributed by atoms with Gasteiger partial charge in [-0.05, 0) is 20.8 Å². The highest BCUT2D eigenvalue weighted by molar-refractivity contribution is 7.99. The maximum Gasteiger partial charge on any atom is 0.313 e. The van der Waals surface area contributed by atoms with E-state index in [1.54, 1.807) is 7.11 Å². The number of rotatable bonds is 6. The summed E-state index contributed by atoms with van der Waals surface area (Å²) in [6, 6.07) is 0. The first-order valence-electron chi connectivity index (χ1n) is 5.15. The Hall–Kier alpha value is -1.08. The van der Waals surface area contributed by atoms with E-state index in [1.807, 2.05) is 25.3 Å². The van der Waals surface area contributed by atoms with E-state index in [9.17, 15) is 4.79 Å². The number of aliphatic carboxylic acids is 1. The minimum atomic E-state index is -0.867. The van der Waals surface area contributed by atoms with Gasteiger partial charge in [-0.25, -0.2) is 0 Å². The molecule has 0 amide bonds. The molecule has 7 heteroatoms. The van der Waals surface area contributed by atoms with Crippen molar-refractivity contribution in [3.05, 3.63) is 5.82 Å². The fourth-order valence-electron chi connectivity index (χ4n) is 1.22. The molecule has 0 unspecified atom stereocenters. The SMILES string of the molecule is COC(C)(C)Cn1c(C)nnc1SCC(=O)O. The van der Waals surface area contributed by atoms with Crippen molar-refractivity contribution < 1.29 is 14.6 Å². The molecule has 0 bridgehead atoms. The summed E-state index contributed by atoms with van der Waals surface area (Å²) in [5.74, 6) is -0.137. The van der Waals surface area contributed by atoms with E-state index in [0.717, 1.165) is 17.6 Å². The molecular formula is C10H17N3O3S. The number of hydrogen-bond acceptors (Lipinski definition) is 5. The zero-order valence-electron chi connectivity index (χ0n) is 10.4. The molecule has 0 radical (unpaired) electrons. The molecule has 1 rings (SSSR count). The number of carbonyl (C=O) groups is 1. The second-order valence-electron chi connectivity index (χ2n) is 4.26. The minimum absolute atomic E-state index is 0.0223. The van der Waals surface area contributed by atoms with Crippen molar-refractivity contribution in [3.8, 4) is 0 Å². The lowest BCUT2D eigenvalue weighted by Crippen LogP contribution is -2.30.